The number of rotatable bonds is 9. The van der Waals surface area contributed by atoms with Crippen LogP contribution in [-0.4, -0.2) is 47.3 Å². The summed E-state index contributed by atoms with van der Waals surface area (Å²) in [6, 6.07) is 4.02. The number of hydrogen-bond acceptors (Lipinski definition) is 4. The van der Waals surface area contributed by atoms with Gasteiger partial charge in [0.25, 0.3) is 0 Å². The van der Waals surface area contributed by atoms with Gasteiger partial charge in [0.2, 0.25) is 0 Å². The Labute approximate surface area is 149 Å². The van der Waals surface area contributed by atoms with Gasteiger partial charge in [-0.2, -0.15) is 0 Å². The molecule has 2 heterocycles. The van der Waals surface area contributed by atoms with Crippen molar-refractivity contribution in [1.29, 1.82) is 0 Å². The Balaban J connectivity index is 1.68. The second-order valence-electron chi connectivity index (χ2n) is 6.17. The lowest BCUT2D eigenvalue weighted by Crippen LogP contribution is -2.37. The Kier molecular flexibility index (Phi) is 7.91. The van der Waals surface area contributed by atoms with Crippen LogP contribution >= 0.6 is 0 Å². The van der Waals surface area contributed by atoms with Crippen LogP contribution in [0.4, 0.5) is 0 Å². The van der Waals surface area contributed by atoms with Crippen molar-refractivity contribution in [3.05, 3.63) is 42.6 Å². The van der Waals surface area contributed by atoms with E-state index in [2.05, 4.69) is 39.4 Å². The zero-order valence-corrected chi connectivity index (χ0v) is 15.3. The number of pyridine rings is 1. The van der Waals surface area contributed by atoms with E-state index in [1.54, 1.807) is 19.6 Å². The highest BCUT2D eigenvalue weighted by Gasteiger charge is 2.01. The quantitative estimate of drug-likeness (QED) is 0.413. The molecule has 0 fully saturated rings. The summed E-state index contributed by atoms with van der Waals surface area (Å²) in [4.78, 5) is 12.7. The predicted octanol–water partition coefficient (Wildman–Crippen LogP) is 1.99. The van der Waals surface area contributed by atoms with Crippen LogP contribution in [0, 0.1) is 5.92 Å². The monoisotopic (exact) mass is 344 g/mol. The van der Waals surface area contributed by atoms with Gasteiger partial charge in [-0.1, -0.05) is 19.9 Å². The third-order valence-electron chi connectivity index (χ3n) is 3.47. The summed E-state index contributed by atoms with van der Waals surface area (Å²) in [5.41, 5.74) is 1.09. The van der Waals surface area contributed by atoms with Gasteiger partial charge in [-0.3, -0.25) is 9.56 Å². The normalized spacial score (nSPS) is 11.8. The number of guanidine groups is 1. The van der Waals surface area contributed by atoms with E-state index in [9.17, 15) is 0 Å². The third-order valence-corrected chi connectivity index (χ3v) is 3.47. The van der Waals surface area contributed by atoms with Crippen molar-refractivity contribution in [3.63, 3.8) is 0 Å². The lowest BCUT2D eigenvalue weighted by atomic mass is 10.2. The molecule has 0 aromatic carbocycles. The molecule has 7 heteroatoms. The Morgan fingerprint density at radius 2 is 2.20 bits per heavy atom. The van der Waals surface area contributed by atoms with Crippen LogP contribution < -0.4 is 10.6 Å². The molecule has 0 aliphatic heterocycles. The molecule has 0 radical (unpaired) electrons. The van der Waals surface area contributed by atoms with Crippen molar-refractivity contribution in [2.75, 3.05) is 26.8 Å². The van der Waals surface area contributed by atoms with Crippen molar-refractivity contribution >= 4 is 5.96 Å². The number of aromatic nitrogens is 3. The highest BCUT2D eigenvalue weighted by Crippen LogP contribution is 2.05. The molecule has 0 bridgehead atoms. The van der Waals surface area contributed by atoms with Crippen LogP contribution in [0.1, 0.15) is 25.8 Å². The van der Waals surface area contributed by atoms with E-state index < -0.39 is 0 Å². The van der Waals surface area contributed by atoms with Gasteiger partial charge in [-0.15, -0.1) is 0 Å². The van der Waals surface area contributed by atoms with Crippen molar-refractivity contribution in [1.82, 2.24) is 25.2 Å². The summed E-state index contributed by atoms with van der Waals surface area (Å²) >= 11 is 0. The van der Waals surface area contributed by atoms with Gasteiger partial charge < -0.3 is 15.4 Å². The Bertz CT molecular complexity index is 622. The molecular formula is C18H28N6O. The fraction of sp³-hybridized carbons (Fsp3) is 0.500. The molecule has 2 aromatic rings. The van der Waals surface area contributed by atoms with Crippen LogP contribution in [0.3, 0.4) is 0 Å². The number of nitrogens with zero attached hydrogens (tertiary/aromatic N) is 4. The maximum Gasteiger partial charge on any atom is 0.191 e. The van der Waals surface area contributed by atoms with Gasteiger partial charge in [0, 0.05) is 51.9 Å². The molecule has 0 spiro atoms. The van der Waals surface area contributed by atoms with Crippen LogP contribution in [0.2, 0.25) is 0 Å². The molecule has 2 N–H and O–H groups in total. The first kappa shape index (κ1) is 18.9. The standard InChI is InChI=1S/C18H28N6O/c1-15(2)13-25-10-4-7-21-18(19-3)23-12-16-5-6-17(22-11-16)24-9-8-20-14-24/h5-6,8-9,11,14-15H,4,7,10,12-13H2,1-3H3,(H2,19,21,23). The number of nitrogens with one attached hydrogen (secondary N) is 2. The number of aliphatic imine (C=N–C) groups is 1. The molecular weight excluding hydrogens is 316 g/mol. The predicted molar refractivity (Wildman–Crippen MR) is 99.8 cm³/mol. The summed E-state index contributed by atoms with van der Waals surface area (Å²) in [6.45, 7) is 7.38. The van der Waals surface area contributed by atoms with Crippen LogP contribution in [-0.2, 0) is 11.3 Å². The first-order chi connectivity index (χ1) is 12.2. The zero-order valence-electron chi connectivity index (χ0n) is 15.3. The van der Waals surface area contributed by atoms with Crippen molar-refractivity contribution in [2.24, 2.45) is 10.9 Å². The Morgan fingerprint density at radius 3 is 2.84 bits per heavy atom. The lowest BCUT2D eigenvalue weighted by Gasteiger charge is -2.12. The molecule has 0 unspecified atom stereocenters. The second-order valence-corrected chi connectivity index (χ2v) is 6.17. The topological polar surface area (TPSA) is 76.4 Å². The van der Waals surface area contributed by atoms with Gasteiger partial charge in [0.15, 0.2) is 5.96 Å². The molecule has 2 rings (SSSR count). The van der Waals surface area contributed by atoms with E-state index in [0.29, 0.717) is 12.5 Å². The van der Waals surface area contributed by atoms with Crippen LogP contribution in [0.5, 0.6) is 0 Å². The molecule has 0 atom stereocenters. The first-order valence-corrected chi connectivity index (χ1v) is 8.64. The van der Waals surface area contributed by atoms with E-state index in [4.69, 9.17) is 4.74 Å². The number of imidazole rings is 1. The molecule has 0 saturated heterocycles. The lowest BCUT2D eigenvalue weighted by molar-refractivity contribution is 0.108. The fourth-order valence-electron chi connectivity index (χ4n) is 2.18. The van der Waals surface area contributed by atoms with E-state index in [1.807, 2.05) is 29.1 Å². The zero-order chi connectivity index (χ0) is 17.9. The molecule has 7 nitrogen and oxygen atoms in total. The van der Waals surface area contributed by atoms with E-state index in [1.165, 1.54) is 0 Å². The number of hydrogen-bond donors (Lipinski definition) is 2. The second kappa shape index (κ2) is 10.5. The number of ether oxygens (including phenoxy) is 1. The summed E-state index contributed by atoms with van der Waals surface area (Å²) in [5.74, 6) is 2.21. The van der Waals surface area contributed by atoms with E-state index in [-0.39, 0.29) is 0 Å². The Morgan fingerprint density at radius 1 is 1.32 bits per heavy atom. The van der Waals surface area contributed by atoms with Gasteiger partial charge >= 0.3 is 0 Å². The molecule has 0 aliphatic carbocycles. The minimum absolute atomic E-state index is 0.580. The van der Waals surface area contributed by atoms with Gasteiger partial charge in [-0.05, 0) is 24.0 Å². The van der Waals surface area contributed by atoms with Gasteiger partial charge in [0.05, 0.1) is 0 Å². The average Bonchev–Trinajstić information content (AvgIpc) is 3.15. The maximum atomic E-state index is 5.57. The Hall–Kier alpha value is -2.41. The summed E-state index contributed by atoms with van der Waals surface area (Å²) in [6.07, 6.45) is 8.15. The van der Waals surface area contributed by atoms with E-state index in [0.717, 1.165) is 43.5 Å². The van der Waals surface area contributed by atoms with Gasteiger partial charge in [0.1, 0.15) is 12.1 Å². The van der Waals surface area contributed by atoms with E-state index >= 15 is 0 Å². The van der Waals surface area contributed by atoms with Crippen LogP contribution in [0.15, 0.2) is 42.0 Å². The van der Waals surface area contributed by atoms with Crippen LogP contribution in [0.25, 0.3) is 5.82 Å². The molecule has 25 heavy (non-hydrogen) atoms. The molecule has 0 saturated carbocycles. The average molecular weight is 344 g/mol. The molecule has 0 amide bonds. The molecule has 0 aliphatic rings. The van der Waals surface area contributed by atoms with Gasteiger partial charge in [-0.25, -0.2) is 9.97 Å². The van der Waals surface area contributed by atoms with Crippen molar-refractivity contribution < 1.29 is 4.74 Å². The minimum atomic E-state index is 0.580. The van der Waals surface area contributed by atoms with Crippen molar-refractivity contribution in [2.45, 2.75) is 26.8 Å². The summed E-state index contributed by atoms with van der Waals surface area (Å²) in [5, 5.41) is 6.58. The maximum absolute atomic E-state index is 5.57. The third kappa shape index (κ3) is 6.93. The highest BCUT2D eigenvalue weighted by atomic mass is 16.5. The summed E-state index contributed by atoms with van der Waals surface area (Å²) in [7, 11) is 1.77. The summed E-state index contributed by atoms with van der Waals surface area (Å²) < 4.78 is 7.44. The fourth-order valence-corrected chi connectivity index (χ4v) is 2.18. The SMILES string of the molecule is CN=C(NCCCOCC(C)C)NCc1ccc(-n2ccnc2)nc1. The smallest absolute Gasteiger partial charge is 0.191 e. The van der Waals surface area contributed by atoms with Crippen molar-refractivity contribution in [3.8, 4) is 5.82 Å². The minimum Gasteiger partial charge on any atom is -0.381 e. The largest absolute Gasteiger partial charge is 0.381 e. The molecule has 136 valence electrons. The first-order valence-electron chi connectivity index (χ1n) is 8.64. The highest BCUT2D eigenvalue weighted by molar-refractivity contribution is 5.79. The molecule has 2 aromatic heterocycles.